The molecule has 0 fully saturated rings. The van der Waals surface area contributed by atoms with Crippen LogP contribution in [0.4, 0.5) is 0 Å². The topological polar surface area (TPSA) is 26.3 Å². The van der Waals surface area contributed by atoms with Crippen LogP contribution in [0.5, 0.6) is 0 Å². The van der Waals surface area contributed by atoms with Crippen molar-refractivity contribution in [2.24, 2.45) is 5.92 Å². The molecule has 23 heavy (non-hydrogen) atoms. The zero-order chi connectivity index (χ0) is 17.7. The Hall–Kier alpha value is 0.00870. The van der Waals surface area contributed by atoms with E-state index >= 15 is 0 Å². The Labute approximate surface area is 149 Å². The van der Waals surface area contributed by atoms with E-state index in [2.05, 4.69) is 34.3 Å². The van der Waals surface area contributed by atoms with Gasteiger partial charge in [0.05, 0.1) is 0 Å². The van der Waals surface area contributed by atoms with Crippen molar-refractivity contribution in [1.82, 2.24) is 0 Å². The molecule has 0 saturated carbocycles. The number of rotatable bonds is 14. The Morgan fingerprint density at radius 2 is 1.43 bits per heavy atom. The SMILES string of the molecule is C=C([CH2][Sn]([CH2]CCC)([CH2]CCC)[CH2]CCC)C(C)COC(C)=O. The van der Waals surface area contributed by atoms with E-state index in [-0.39, 0.29) is 5.97 Å². The van der Waals surface area contributed by atoms with Gasteiger partial charge < -0.3 is 0 Å². The molecule has 0 N–H and O–H groups in total. The third kappa shape index (κ3) is 10.5. The quantitative estimate of drug-likeness (QED) is 0.176. The average molecular weight is 431 g/mol. The van der Waals surface area contributed by atoms with Crippen LogP contribution in [-0.2, 0) is 9.53 Å². The summed E-state index contributed by atoms with van der Waals surface area (Å²) in [5, 5.41) is 0. The van der Waals surface area contributed by atoms with Gasteiger partial charge in [0.15, 0.2) is 0 Å². The fraction of sp³-hybridized carbons (Fsp3) is 0.850. The van der Waals surface area contributed by atoms with Crippen molar-refractivity contribution in [3.05, 3.63) is 12.2 Å². The Kier molecular flexibility index (Phi) is 13.3. The van der Waals surface area contributed by atoms with Gasteiger partial charge in [0.25, 0.3) is 0 Å². The van der Waals surface area contributed by atoms with Gasteiger partial charge in [-0.15, -0.1) is 0 Å². The predicted octanol–water partition coefficient (Wildman–Crippen LogP) is 6.59. The number of hydrogen-bond acceptors (Lipinski definition) is 2. The second kappa shape index (κ2) is 13.3. The van der Waals surface area contributed by atoms with Crippen LogP contribution in [0.15, 0.2) is 12.2 Å². The summed E-state index contributed by atoms with van der Waals surface area (Å²) in [5.74, 6) is 0.127. The first kappa shape index (κ1) is 23.0. The van der Waals surface area contributed by atoms with Gasteiger partial charge in [0.1, 0.15) is 0 Å². The zero-order valence-corrected chi connectivity index (χ0v) is 19.2. The molecule has 0 radical (unpaired) electrons. The minimum atomic E-state index is -2.14. The summed E-state index contributed by atoms with van der Waals surface area (Å²) in [4.78, 5) is 11.0. The number of carbonyl (C=O) groups is 1. The van der Waals surface area contributed by atoms with Crippen LogP contribution in [0.3, 0.4) is 0 Å². The van der Waals surface area contributed by atoms with E-state index in [1.54, 1.807) is 0 Å². The molecule has 0 aliphatic carbocycles. The van der Waals surface area contributed by atoms with Crippen LogP contribution < -0.4 is 0 Å². The zero-order valence-electron chi connectivity index (χ0n) is 16.4. The molecule has 0 aromatic heterocycles. The number of hydrogen-bond donors (Lipinski definition) is 0. The number of ether oxygens (including phenoxy) is 1. The normalized spacial score (nSPS) is 12.9. The maximum atomic E-state index is 11.0. The summed E-state index contributed by atoms with van der Waals surface area (Å²) < 4.78 is 11.1. The Bertz CT molecular complexity index is 317. The first-order valence-corrected chi connectivity index (χ1v) is 17.8. The van der Waals surface area contributed by atoms with Crippen molar-refractivity contribution in [3.63, 3.8) is 0 Å². The molecular weight excluding hydrogens is 391 g/mol. The van der Waals surface area contributed by atoms with Crippen molar-refractivity contribution in [3.8, 4) is 0 Å². The van der Waals surface area contributed by atoms with Gasteiger partial charge >= 0.3 is 149 Å². The van der Waals surface area contributed by atoms with Gasteiger partial charge in [-0.2, -0.15) is 0 Å². The van der Waals surface area contributed by atoms with Gasteiger partial charge in [0.2, 0.25) is 0 Å². The van der Waals surface area contributed by atoms with E-state index in [9.17, 15) is 4.79 Å². The Morgan fingerprint density at radius 3 is 1.78 bits per heavy atom. The molecule has 0 amide bonds. The van der Waals surface area contributed by atoms with Gasteiger partial charge in [0, 0.05) is 0 Å². The third-order valence-corrected chi connectivity index (χ3v) is 20.6. The summed E-state index contributed by atoms with van der Waals surface area (Å²) in [6, 6.07) is 0. The molecular formula is C20H40O2Sn. The first-order valence-electron chi connectivity index (χ1n) is 9.71. The molecule has 0 bridgehead atoms. The molecule has 2 nitrogen and oxygen atoms in total. The fourth-order valence-corrected chi connectivity index (χ4v) is 20.2. The van der Waals surface area contributed by atoms with Crippen molar-refractivity contribution >= 4 is 24.3 Å². The van der Waals surface area contributed by atoms with Crippen molar-refractivity contribution in [1.29, 1.82) is 0 Å². The van der Waals surface area contributed by atoms with Crippen LogP contribution in [0, 0.1) is 5.92 Å². The molecule has 0 spiro atoms. The van der Waals surface area contributed by atoms with E-state index in [1.807, 2.05) is 0 Å². The number of carbonyl (C=O) groups excluding carboxylic acids is 1. The summed E-state index contributed by atoms with van der Waals surface area (Å²) in [6.07, 6.45) is 8.13. The van der Waals surface area contributed by atoms with Crippen LogP contribution >= 0.6 is 0 Å². The van der Waals surface area contributed by atoms with Crippen LogP contribution in [0.2, 0.25) is 17.7 Å². The molecule has 0 rings (SSSR count). The number of esters is 1. The van der Waals surface area contributed by atoms with Gasteiger partial charge in [-0.3, -0.25) is 0 Å². The van der Waals surface area contributed by atoms with E-state index in [0.29, 0.717) is 12.5 Å². The first-order chi connectivity index (χ1) is 10.9. The number of unbranched alkanes of at least 4 members (excludes halogenated alkanes) is 3. The molecule has 1 atom stereocenters. The molecule has 0 aromatic rings. The molecule has 0 aromatic carbocycles. The van der Waals surface area contributed by atoms with Crippen molar-refractivity contribution in [2.45, 2.75) is 90.9 Å². The van der Waals surface area contributed by atoms with E-state index in [1.165, 1.54) is 68.8 Å². The molecule has 0 saturated heterocycles. The minimum absolute atomic E-state index is 0.178. The van der Waals surface area contributed by atoms with Crippen LogP contribution in [-0.4, -0.2) is 31.0 Å². The Morgan fingerprint density at radius 1 is 1.00 bits per heavy atom. The predicted molar refractivity (Wildman–Crippen MR) is 105 cm³/mol. The molecule has 0 aliphatic heterocycles. The van der Waals surface area contributed by atoms with E-state index in [4.69, 9.17) is 4.74 Å². The molecule has 0 aliphatic rings. The maximum absolute atomic E-state index is 11.0. The second-order valence-corrected chi connectivity index (χ2v) is 21.2. The Balaban J connectivity index is 4.90. The van der Waals surface area contributed by atoms with Gasteiger partial charge in [-0.25, -0.2) is 0 Å². The summed E-state index contributed by atoms with van der Waals surface area (Å²) in [5.41, 5.74) is 1.35. The van der Waals surface area contributed by atoms with Crippen molar-refractivity contribution < 1.29 is 9.53 Å². The van der Waals surface area contributed by atoms with Crippen LogP contribution in [0.25, 0.3) is 0 Å². The summed E-state index contributed by atoms with van der Waals surface area (Å²) in [7, 11) is 0. The molecule has 0 heterocycles. The van der Waals surface area contributed by atoms with Gasteiger partial charge in [-0.05, 0) is 0 Å². The summed E-state index contributed by atoms with van der Waals surface area (Å²) >= 11 is -2.14. The van der Waals surface area contributed by atoms with Crippen molar-refractivity contribution in [2.75, 3.05) is 6.61 Å². The monoisotopic (exact) mass is 432 g/mol. The molecule has 136 valence electrons. The standard InChI is InChI=1S/C8H13O2.3C4H9.Sn/c1-6(2)7(3)5-10-8(4)9;3*1-3-4-2;/h7H,1-2,5H2,3-4H3;3*1,3-4H2,2H3;. The fourth-order valence-electron chi connectivity index (χ4n) is 3.31. The molecule has 3 heteroatoms. The molecule has 1 unspecified atom stereocenters. The van der Waals surface area contributed by atoms with E-state index < -0.39 is 18.4 Å². The summed E-state index contributed by atoms with van der Waals surface area (Å²) in [6.45, 7) is 15.5. The van der Waals surface area contributed by atoms with Crippen LogP contribution in [0.1, 0.15) is 73.1 Å². The van der Waals surface area contributed by atoms with E-state index in [0.717, 1.165) is 0 Å². The average Bonchev–Trinajstić information content (AvgIpc) is 2.53. The second-order valence-electron chi connectivity index (χ2n) is 7.35. The van der Waals surface area contributed by atoms with Gasteiger partial charge in [-0.1, -0.05) is 0 Å². The third-order valence-electron chi connectivity index (χ3n) is 5.02.